The van der Waals surface area contributed by atoms with Crippen LogP contribution in [0.1, 0.15) is 24.0 Å². The van der Waals surface area contributed by atoms with Gasteiger partial charge in [0.2, 0.25) is 11.8 Å². The van der Waals surface area contributed by atoms with Gasteiger partial charge in [-0.2, -0.15) is 10.5 Å². The number of ether oxygens (including phenoxy) is 2. The molecule has 16 nitrogen and oxygen atoms in total. The number of carbonyl (C=O) groups excluding carboxylic acids is 2. The van der Waals surface area contributed by atoms with Crippen molar-refractivity contribution in [3.05, 3.63) is 91.9 Å². The molecule has 2 aromatic heterocycles. The van der Waals surface area contributed by atoms with E-state index in [0.29, 0.717) is 74.2 Å². The van der Waals surface area contributed by atoms with Gasteiger partial charge in [0.15, 0.2) is 22.5 Å². The van der Waals surface area contributed by atoms with Crippen molar-refractivity contribution in [3.63, 3.8) is 0 Å². The molecule has 1 saturated heterocycles. The second-order valence-corrected chi connectivity index (χ2v) is 13.9. The van der Waals surface area contributed by atoms with Crippen LogP contribution in [0.2, 0.25) is 20.1 Å². The van der Waals surface area contributed by atoms with Crippen molar-refractivity contribution in [2.45, 2.75) is 25.9 Å². The molecule has 0 bridgehead atoms. The summed E-state index contributed by atoms with van der Waals surface area (Å²) >= 11 is 24.5. The Bertz CT molecular complexity index is 2600. The topological polar surface area (TPSA) is 228 Å². The van der Waals surface area contributed by atoms with Gasteiger partial charge in [-0.25, -0.2) is 9.36 Å². The smallest absolute Gasteiger partial charge is 0.325 e. The van der Waals surface area contributed by atoms with E-state index in [0.717, 1.165) is 6.42 Å². The summed E-state index contributed by atoms with van der Waals surface area (Å²) in [6.07, 6.45) is 1.40. The summed E-state index contributed by atoms with van der Waals surface area (Å²) in [5.74, 6) is -0.902. The molecule has 0 saturated carbocycles. The number of hydrogen-bond donors (Lipinski definition) is 2. The number of carboxylic acids is 1. The molecule has 3 N–H and O–H groups in total. The molecule has 1 unspecified atom stereocenters. The highest BCUT2D eigenvalue weighted by molar-refractivity contribution is 6.33. The molecule has 2 amide bonds. The molecule has 0 aliphatic carbocycles. The summed E-state index contributed by atoms with van der Waals surface area (Å²) < 4.78 is 14.3. The Morgan fingerprint density at radius 2 is 1.29 bits per heavy atom. The normalized spacial score (nSPS) is 13.7. The molecular weight excluding hydrogens is 810 g/mol. The monoisotopic (exact) mass is 834 g/mol. The standard InChI is InChI=1S/C21H18Cl2N6O3.C15H8Cl2N4O3/c22-14-6-12(9-24)7-15(8-14)32-20-16(23)3-4-17-19(20)26-27-29(17)11-18(30)28-5-1-2-13(10-28)21(25)31;16-9-3-8(6-18)4-10(5-9)24-15-11(17)1-2-12-14(15)19-20-21(12)7-13(22)23/h3-4,6-8,13H,1-2,5,10-11H2,(H2,25,31);1-5H,7H2,(H,22,23). The maximum atomic E-state index is 12.8. The predicted molar refractivity (Wildman–Crippen MR) is 204 cm³/mol. The van der Waals surface area contributed by atoms with Crippen molar-refractivity contribution < 1.29 is 29.0 Å². The minimum atomic E-state index is -1.05. The average molecular weight is 836 g/mol. The number of amides is 2. The molecular formula is C36H26Cl4N10O6. The molecule has 0 radical (unpaired) electrons. The first-order valence-electron chi connectivity index (χ1n) is 16.4. The van der Waals surface area contributed by atoms with E-state index in [-0.39, 0.29) is 46.5 Å². The molecule has 0 spiro atoms. The number of fused-ring (bicyclic) bond motifs is 2. The number of primary amides is 1. The SMILES string of the molecule is N#Cc1cc(Cl)cc(Oc2c(Cl)ccc3c2nnn3CC(=O)N2CCCC(C(N)=O)C2)c1.N#Cc1cc(Cl)cc(Oc2c(Cl)ccc3c2nnn3CC(=O)O)c1. The lowest BCUT2D eigenvalue weighted by molar-refractivity contribution is -0.138. The van der Waals surface area contributed by atoms with Crippen molar-refractivity contribution in [1.82, 2.24) is 34.9 Å². The molecule has 20 heteroatoms. The molecule has 7 rings (SSSR count). The fourth-order valence-corrected chi connectivity index (χ4v) is 6.64. The Labute approximate surface area is 337 Å². The Hall–Kier alpha value is -6.17. The summed E-state index contributed by atoms with van der Waals surface area (Å²) in [5.41, 5.74) is 7.74. The van der Waals surface area contributed by atoms with Crippen LogP contribution in [0.4, 0.5) is 0 Å². The number of aliphatic carboxylic acids is 1. The van der Waals surface area contributed by atoms with Gasteiger partial charge in [-0.3, -0.25) is 14.4 Å². The van der Waals surface area contributed by atoms with Crippen LogP contribution in [0.3, 0.4) is 0 Å². The van der Waals surface area contributed by atoms with Crippen LogP contribution in [-0.4, -0.2) is 70.9 Å². The number of aromatic nitrogens is 6. The third-order valence-electron chi connectivity index (χ3n) is 8.37. The Morgan fingerprint density at radius 1 is 0.786 bits per heavy atom. The lowest BCUT2D eigenvalue weighted by Gasteiger charge is -2.31. The van der Waals surface area contributed by atoms with Gasteiger partial charge in [-0.15, -0.1) is 10.2 Å². The summed E-state index contributed by atoms with van der Waals surface area (Å²) in [6.45, 7) is 0.467. The zero-order chi connectivity index (χ0) is 40.1. The van der Waals surface area contributed by atoms with E-state index < -0.39 is 11.9 Å². The van der Waals surface area contributed by atoms with Gasteiger partial charge < -0.3 is 25.2 Å². The minimum Gasteiger partial charge on any atom is -0.480 e. The third kappa shape index (κ3) is 9.02. The zero-order valence-corrected chi connectivity index (χ0v) is 31.7. The van der Waals surface area contributed by atoms with Crippen LogP contribution >= 0.6 is 46.4 Å². The van der Waals surface area contributed by atoms with Crippen LogP contribution in [0.25, 0.3) is 22.1 Å². The predicted octanol–water partition coefficient (Wildman–Crippen LogP) is 6.61. The highest BCUT2D eigenvalue weighted by atomic mass is 35.5. The van der Waals surface area contributed by atoms with Crippen LogP contribution in [0.15, 0.2) is 60.7 Å². The number of benzene rings is 4. The van der Waals surface area contributed by atoms with Gasteiger partial charge in [0.25, 0.3) is 0 Å². The summed E-state index contributed by atoms with van der Waals surface area (Å²) in [7, 11) is 0. The third-order valence-corrected chi connectivity index (χ3v) is 9.40. The Morgan fingerprint density at radius 3 is 1.75 bits per heavy atom. The fraction of sp³-hybridized carbons (Fsp3) is 0.194. The number of carbonyl (C=O) groups is 3. The maximum Gasteiger partial charge on any atom is 0.325 e. The number of hydrogen-bond acceptors (Lipinski definition) is 11. The van der Waals surface area contributed by atoms with Crippen LogP contribution < -0.4 is 15.2 Å². The van der Waals surface area contributed by atoms with E-state index >= 15 is 0 Å². The second kappa shape index (κ2) is 17.1. The van der Waals surface area contributed by atoms with Crippen LogP contribution in [-0.2, 0) is 27.5 Å². The number of rotatable bonds is 9. The largest absolute Gasteiger partial charge is 0.480 e. The summed E-state index contributed by atoms with van der Waals surface area (Å²) in [6, 6.07) is 19.6. The first kappa shape index (κ1) is 39.5. The van der Waals surface area contributed by atoms with E-state index in [4.69, 9.17) is 77.2 Å². The van der Waals surface area contributed by atoms with Crippen molar-refractivity contribution in [2.75, 3.05) is 13.1 Å². The number of halogens is 4. The molecule has 3 heterocycles. The zero-order valence-electron chi connectivity index (χ0n) is 28.7. The van der Waals surface area contributed by atoms with E-state index in [1.807, 2.05) is 12.1 Å². The molecule has 1 atom stereocenters. The first-order valence-corrected chi connectivity index (χ1v) is 17.9. The molecule has 1 fully saturated rings. The Kier molecular flexibility index (Phi) is 12.1. The quantitative estimate of drug-likeness (QED) is 0.157. The molecule has 1 aliphatic heterocycles. The van der Waals surface area contributed by atoms with Crippen molar-refractivity contribution in [1.29, 1.82) is 10.5 Å². The average Bonchev–Trinajstić information content (AvgIpc) is 3.77. The molecule has 1 aliphatic rings. The minimum absolute atomic E-state index is 0.0567. The number of carboxylic acid groups (broad SMARTS) is 1. The highest BCUT2D eigenvalue weighted by Gasteiger charge is 2.28. The summed E-state index contributed by atoms with van der Waals surface area (Å²) in [5, 5.41) is 44.2. The highest BCUT2D eigenvalue weighted by Crippen LogP contribution is 2.38. The van der Waals surface area contributed by atoms with Gasteiger partial charge in [-0.1, -0.05) is 56.8 Å². The number of piperidine rings is 1. The van der Waals surface area contributed by atoms with Gasteiger partial charge in [0.05, 0.1) is 50.3 Å². The molecule has 56 heavy (non-hydrogen) atoms. The maximum absolute atomic E-state index is 12.8. The lowest BCUT2D eigenvalue weighted by Crippen LogP contribution is -2.45. The van der Waals surface area contributed by atoms with Gasteiger partial charge in [-0.05, 0) is 73.5 Å². The Balaban J connectivity index is 0.000000198. The van der Waals surface area contributed by atoms with E-state index in [2.05, 4.69) is 20.6 Å². The van der Waals surface area contributed by atoms with Crippen LogP contribution in [0, 0.1) is 28.6 Å². The van der Waals surface area contributed by atoms with E-state index in [9.17, 15) is 14.4 Å². The van der Waals surface area contributed by atoms with Gasteiger partial charge in [0, 0.05) is 23.1 Å². The van der Waals surface area contributed by atoms with Crippen LogP contribution in [0.5, 0.6) is 23.0 Å². The molecule has 4 aromatic carbocycles. The first-order chi connectivity index (χ1) is 26.8. The van der Waals surface area contributed by atoms with Crippen molar-refractivity contribution in [3.8, 4) is 35.1 Å². The molecule has 284 valence electrons. The van der Waals surface area contributed by atoms with Crippen molar-refractivity contribution in [2.24, 2.45) is 11.7 Å². The number of likely N-dealkylation sites (tertiary alicyclic amines) is 1. The lowest BCUT2D eigenvalue weighted by atomic mass is 9.97. The second-order valence-electron chi connectivity index (χ2n) is 12.2. The van der Waals surface area contributed by atoms with Gasteiger partial charge >= 0.3 is 5.97 Å². The number of nitrogens with two attached hydrogens (primary N) is 1. The van der Waals surface area contributed by atoms with Gasteiger partial charge in [0.1, 0.15) is 24.6 Å². The number of nitrogens with zero attached hydrogens (tertiary/aromatic N) is 9. The summed E-state index contributed by atoms with van der Waals surface area (Å²) in [4.78, 5) is 36.8. The fourth-order valence-electron chi connectivity index (χ4n) is 5.80. The van der Waals surface area contributed by atoms with E-state index in [1.165, 1.54) is 39.7 Å². The van der Waals surface area contributed by atoms with Crippen molar-refractivity contribution >= 4 is 86.3 Å². The number of nitriles is 2. The molecule has 6 aromatic rings. The van der Waals surface area contributed by atoms with E-state index in [1.54, 1.807) is 35.2 Å².